The minimum atomic E-state index is -0.252. The third-order valence-corrected chi connectivity index (χ3v) is 6.06. The highest BCUT2D eigenvalue weighted by atomic mass is 16.5. The van der Waals surface area contributed by atoms with Gasteiger partial charge in [-0.15, -0.1) is 0 Å². The Morgan fingerprint density at radius 2 is 2.04 bits per heavy atom. The van der Waals surface area contributed by atoms with Gasteiger partial charge >= 0.3 is 0 Å². The summed E-state index contributed by atoms with van der Waals surface area (Å²) in [5, 5.41) is 0. The van der Waals surface area contributed by atoms with Gasteiger partial charge in [-0.05, 0) is 36.5 Å². The monoisotopic (exact) mass is 377 g/mol. The average Bonchev–Trinajstić information content (AvgIpc) is 3.17. The van der Waals surface area contributed by atoms with Crippen molar-refractivity contribution in [2.45, 2.75) is 24.9 Å². The molecule has 28 heavy (non-hydrogen) atoms. The number of rotatable bonds is 2. The Balaban J connectivity index is 1.37. The quantitative estimate of drug-likeness (QED) is 0.689. The highest BCUT2D eigenvalue weighted by molar-refractivity contribution is 5.93. The number of fused-ring (bicyclic) bond motifs is 3. The van der Waals surface area contributed by atoms with Crippen molar-refractivity contribution in [2.24, 2.45) is 0 Å². The lowest BCUT2D eigenvalue weighted by Gasteiger charge is -2.45. The molecule has 6 heteroatoms. The van der Waals surface area contributed by atoms with Gasteiger partial charge < -0.3 is 14.4 Å². The standard InChI is InChI=1S/C22H23N3O3/c1-27-17-6-10-25-19(15-23-20(25)14-17)21(26)24-11-8-22(9-12-24)18-5-3-2-4-16(18)7-13-28-22/h2-6,10,14-15H,7-9,11-13H2,1H3. The molecule has 1 spiro atoms. The largest absolute Gasteiger partial charge is 0.497 e. The Morgan fingerprint density at radius 1 is 1.21 bits per heavy atom. The predicted octanol–water partition coefficient (Wildman–Crippen LogP) is 3.05. The Morgan fingerprint density at radius 3 is 2.86 bits per heavy atom. The molecule has 0 unspecified atom stereocenters. The maximum Gasteiger partial charge on any atom is 0.272 e. The summed E-state index contributed by atoms with van der Waals surface area (Å²) in [5.74, 6) is 0.738. The fraction of sp³-hybridized carbons (Fsp3) is 0.364. The number of carbonyl (C=O) groups excluding carboxylic acids is 1. The molecule has 2 aromatic heterocycles. The van der Waals surface area contributed by atoms with Gasteiger partial charge in [-0.2, -0.15) is 0 Å². The molecule has 1 amide bonds. The van der Waals surface area contributed by atoms with Crippen LogP contribution >= 0.6 is 0 Å². The van der Waals surface area contributed by atoms with Gasteiger partial charge in [0.25, 0.3) is 5.91 Å². The van der Waals surface area contributed by atoms with Crippen molar-refractivity contribution in [3.8, 4) is 5.75 Å². The maximum absolute atomic E-state index is 13.1. The molecule has 4 heterocycles. The van der Waals surface area contributed by atoms with Crippen molar-refractivity contribution >= 4 is 11.6 Å². The summed E-state index contributed by atoms with van der Waals surface area (Å²) >= 11 is 0. The predicted molar refractivity (Wildman–Crippen MR) is 105 cm³/mol. The van der Waals surface area contributed by atoms with Gasteiger partial charge in [-0.3, -0.25) is 9.20 Å². The summed E-state index contributed by atoms with van der Waals surface area (Å²) in [5.41, 5.74) is 3.72. The number of likely N-dealkylation sites (tertiary alicyclic amines) is 1. The Kier molecular flexibility index (Phi) is 4.09. The summed E-state index contributed by atoms with van der Waals surface area (Å²) in [4.78, 5) is 19.4. The molecule has 5 rings (SSSR count). The van der Waals surface area contributed by atoms with Crippen LogP contribution in [-0.4, -0.2) is 47.0 Å². The smallest absolute Gasteiger partial charge is 0.272 e. The van der Waals surface area contributed by atoms with E-state index < -0.39 is 0 Å². The summed E-state index contributed by atoms with van der Waals surface area (Å²) in [6, 6.07) is 12.2. The van der Waals surface area contributed by atoms with Gasteiger partial charge in [0.05, 0.1) is 25.5 Å². The van der Waals surface area contributed by atoms with Crippen molar-refractivity contribution < 1.29 is 14.3 Å². The van der Waals surface area contributed by atoms with Crippen LogP contribution in [0.3, 0.4) is 0 Å². The molecular formula is C22H23N3O3. The van der Waals surface area contributed by atoms with Gasteiger partial charge in [0.15, 0.2) is 0 Å². The van der Waals surface area contributed by atoms with Gasteiger partial charge in [-0.25, -0.2) is 4.98 Å². The third-order valence-electron chi connectivity index (χ3n) is 6.06. The molecule has 0 bridgehead atoms. The zero-order valence-electron chi connectivity index (χ0n) is 15.9. The number of nitrogens with zero attached hydrogens (tertiary/aromatic N) is 3. The molecule has 2 aliphatic heterocycles. The Labute approximate surface area is 163 Å². The zero-order chi connectivity index (χ0) is 19.1. The van der Waals surface area contributed by atoms with E-state index in [0.717, 1.165) is 31.6 Å². The number of piperidine rings is 1. The molecule has 1 aromatic carbocycles. The first-order valence-corrected chi connectivity index (χ1v) is 9.73. The second-order valence-electron chi connectivity index (χ2n) is 7.48. The van der Waals surface area contributed by atoms with Crippen LogP contribution in [0.15, 0.2) is 48.8 Å². The fourth-order valence-corrected chi connectivity index (χ4v) is 4.51. The van der Waals surface area contributed by atoms with Crippen LogP contribution in [-0.2, 0) is 16.8 Å². The molecule has 0 atom stereocenters. The van der Waals surface area contributed by atoms with Crippen molar-refractivity contribution in [2.75, 3.05) is 26.8 Å². The summed E-state index contributed by atoms with van der Waals surface area (Å²) < 4.78 is 13.3. The van der Waals surface area contributed by atoms with E-state index in [-0.39, 0.29) is 11.5 Å². The SMILES string of the molecule is COc1ccn2c(C(=O)N3CCC4(CC3)OCCc3ccccc34)cnc2c1. The second-order valence-corrected chi connectivity index (χ2v) is 7.48. The van der Waals surface area contributed by atoms with Crippen LogP contribution in [0.4, 0.5) is 0 Å². The van der Waals surface area contributed by atoms with Crippen LogP contribution in [0.2, 0.25) is 0 Å². The summed E-state index contributed by atoms with van der Waals surface area (Å²) in [7, 11) is 1.62. The molecule has 0 aliphatic carbocycles. The topological polar surface area (TPSA) is 56.1 Å². The van der Waals surface area contributed by atoms with Crippen LogP contribution in [0.5, 0.6) is 5.75 Å². The van der Waals surface area contributed by atoms with Gasteiger partial charge in [0.2, 0.25) is 0 Å². The summed E-state index contributed by atoms with van der Waals surface area (Å²) in [6.45, 7) is 2.10. The lowest BCUT2D eigenvalue weighted by atomic mass is 9.79. The lowest BCUT2D eigenvalue weighted by Crippen LogP contribution is -2.48. The minimum absolute atomic E-state index is 0.0108. The molecule has 144 valence electrons. The Hall–Kier alpha value is -2.86. The number of benzene rings is 1. The number of pyridine rings is 1. The van der Waals surface area contributed by atoms with Crippen molar-refractivity contribution in [1.82, 2.24) is 14.3 Å². The molecular weight excluding hydrogens is 354 g/mol. The number of methoxy groups -OCH3 is 1. The third kappa shape index (κ3) is 2.67. The maximum atomic E-state index is 13.1. The number of carbonyl (C=O) groups is 1. The molecule has 0 N–H and O–H groups in total. The van der Waals surface area contributed by atoms with E-state index in [1.54, 1.807) is 13.3 Å². The van der Waals surface area contributed by atoms with Gasteiger partial charge in [0.1, 0.15) is 17.1 Å². The molecule has 6 nitrogen and oxygen atoms in total. The number of ether oxygens (including phenoxy) is 2. The highest BCUT2D eigenvalue weighted by Crippen LogP contribution is 2.41. The zero-order valence-corrected chi connectivity index (χ0v) is 15.9. The minimum Gasteiger partial charge on any atom is -0.497 e. The van der Waals surface area contributed by atoms with E-state index in [0.29, 0.717) is 24.4 Å². The number of imidazole rings is 1. The van der Waals surface area contributed by atoms with Crippen molar-refractivity contribution in [1.29, 1.82) is 0 Å². The highest BCUT2D eigenvalue weighted by Gasteiger charge is 2.41. The van der Waals surface area contributed by atoms with E-state index in [9.17, 15) is 4.79 Å². The fourth-order valence-electron chi connectivity index (χ4n) is 4.51. The lowest BCUT2D eigenvalue weighted by molar-refractivity contribution is -0.0935. The molecule has 1 fully saturated rings. The number of hydrogen-bond donors (Lipinski definition) is 0. The van der Waals surface area contributed by atoms with E-state index in [2.05, 4.69) is 29.2 Å². The van der Waals surface area contributed by atoms with E-state index in [1.807, 2.05) is 27.6 Å². The van der Waals surface area contributed by atoms with E-state index in [4.69, 9.17) is 9.47 Å². The normalized spacial score (nSPS) is 18.2. The molecule has 0 radical (unpaired) electrons. The van der Waals surface area contributed by atoms with Gasteiger partial charge in [0, 0.05) is 25.4 Å². The first-order valence-electron chi connectivity index (χ1n) is 9.73. The first-order chi connectivity index (χ1) is 13.7. The first kappa shape index (κ1) is 17.3. The molecule has 3 aromatic rings. The van der Waals surface area contributed by atoms with Crippen molar-refractivity contribution in [3.63, 3.8) is 0 Å². The molecule has 2 aliphatic rings. The van der Waals surface area contributed by atoms with E-state index in [1.165, 1.54) is 11.1 Å². The molecule has 0 saturated carbocycles. The van der Waals surface area contributed by atoms with Crippen molar-refractivity contribution in [3.05, 3.63) is 65.6 Å². The summed E-state index contributed by atoms with van der Waals surface area (Å²) in [6.07, 6.45) is 6.08. The van der Waals surface area contributed by atoms with Gasteiger partial charge in [-0.1, -0.05) is 24.3 Å². The number of amides is 1. The second kappa shape index (κ2) is 6.63. The van der Waals surface area contributed by atoms with Crippen LogP contribution in [0, 0.1) is 0 Å². The van der Waals surface area contributed by atoms with Crippen LogP contribution in [0.25, 0.3) is 5.65 Å². The van der Waals surface area contributed by atoms with Crippen LogP contribution < -0.4 is 4.74 Å². The average molecular weight is 377 g/mol. The number of aromatic nitrogens is 2. The Bertz CT molecular complexity index is 1030. The van der Waals surface area contributed by atoms with E-state index >= 15 is 0 Å². The molecule has 1 saturated heterocycles. The van der Waals surface area contributed by atoms with Crippen LogP contribution in [0.1, 0.15) is 34.5 Å². The number of hydrogen-bond acceptors (Lipinski definition) is 4.